The molecular weight excluding hydrogens is 428 g/mol. The molecule has 1 aromatic carbocycles. The third-order valence-electron chi connectivity index (χ3n) is 4.88. The molecule has 0 aliphatic carbocycles. The van der Waals surface area contributed by atoms with Gasteiger partial charge in [-0.25, -0.2) is 0 Å². The molecule has 1 atom stereocenters. The third-order valence-corrected chi connectivity index (χ3v) is 4.88. The highest BCUT2D eigenvalue weighted by atomic mass is 16.3. The van der Waals surface area contributed by atoms with Gasteiger partial charge in [0.25, 0.3) is 17.0 Å². The summed E-state index contributed by atoms with van der Waals surface area (Å²) in [5.41, 5.74) is -1.48. The highest BCUT2D eigenvalue weighted by Crippen LogP contribution is 2.31. The summed E-state index contributed by atoms with van der Waals surface area (Å²) in [4.78, 5) is 52.1. The van der Waals surface area contributed by atoms with Gasteiger partial charge in [-0.15, -0.1) is 0 Å². The molecule has 1 unspecified atom stereocenters. The average Bonchev–Trinajstić information content (AvgIpc) is 2.71. The van der Waals surface area contributed by atoms with E-state index >= 15 is 0 Å². The standard InChI is InChI=1S/C22H32N6O5/c1-11(2)15(19(30)23-12(3)4)25-16-17(22(33)28(7)26-20(16)31)24-14-10-8-9-13(18(14)29)21(32)27(5)6/h8-12,15,24-25,29H,1-7H3,(H,23,30)(H,26,31). The Hall–Kier alpha value is -3.76. The van der Waals surface area contributed by atoms with Crippen LogP contribution in [-0.4, -0.2) is 57.8 Å². The minimum Gasteiger partial charge on any atom is -0.505 e. The lowest BCUT2D eigenvalue weighted by atomic mass is 10.0. The first-order valence-electron chi connectivity index (χ1n) is 10.6. The molecule has 0 spiro atoms. The SMILES string of the molecule is CC(C)NC(=O)C(Nc1c(Nc2cccc(C(=O)N(C)C)c2O)c(=O)n(C)[nH]c1=O)C(C)C. The number of rotatable bonds is 8. The third kappa shape index (κ3) is 5.73. The van der Waals surface area contributed by atoms with Crippen molar-refractivity contribution in [3.05, 3.63) is 44.5 Å². The maximum Gasteiger partial charge on any atom is 0.290 e. The molecule has 0 saturated carbocycles. The number of H-pyrrole nitrogens is 1. The second-order valence-corrected chi connectivity index (χ2v) is 8.61. The highest BCUT2D eigenvalue weighted by Gasteiger charge is 2.27. The van der Waals surface area contributed by atoms with E-state index in [0.29, 0.717) is 0 Å². The summed E-state index contributed by atoms with van der Waals surface area (Å²) in [7, 11) is 4.46. The normalized spacial score (nSPS) is 11.9. The molecule has 0 fully saturated rings. The van der Waals surface area contributed by atoms with Crippen molar-refractivity contribution in [2.45, 2.75) is 39.8 Å². The average molecular weight is 461 g/mol. The number of anilines is 3. The smallest absolute Gasteiger partial charge is 0.290 e. The Kier molecular flexibility index (Phi) is 7.91. The summed E-state index contributed by atoms with van der Waals surface area (Å²) in [6.07, 6.45) is 0. The van der Waals surface area contributed by atoms with Gasteiger partial charge >= 0.3 is 0 Å². The van der Waals surface area contributed by atoms with E-state index in [2.05, 4.69) is 21.0 Å². The van der Waals surface area contributed by atoms with Gasteiger partial charge in [0.05, 0.1) is 11.3 Å². The Morgan fingerprint density at radius 2 is 1.73 bits per heavy atom. The fourth-order valence-electron chi connectivity index (χ4n) is 3.16. The van der Waals surface area contributed by atoms with Crippen molar-refractivity contribution in [1.29, 1.82) is 0 Å². The van der Waals surface area contributed by atoms with Gasteiger partial charge in [0.15, 0.2) is 5.75 Å². The van der Waals surface area contributed by atoms with Crippen LogP contribution >= 0.6 is 0 Å². The number of phenolic OH excluding ortho intramolecular Hbond substituents is 1. The number of hydrogen-bond acceptors (Lipinski definition) is 7. The predicted octanol–water partition coefficient (Wildman–Crippen LogP) is 1.19. The van der Waals surface area contributed by atoms with Gasteiger partial charge in [-0.2, -0.15) is 0 Å². The van der Waals surface area contributed by atoms with Gasteiger partial charge in [0.1, 0.15) is 17.4 Å². The van der Waals surface area contributed by atoms with Crippen LogP contribution in [0.1, 0.15) is 38.1 Å². The number of aromatic amines is 1. The van der Waals surface area contributed by atoms with Gasteiger partial charge in [0, 0.05) is 27.2 Å². The first-order valence-corrected chi connectivity index (χ1v) is 10.6. The first kappa shape index (κ1) is 25.5. The lowest BCUT2D eigenvalue weighted by molar-refractivity contribution is -0.123. The Bertz CT molecular complexity index is 1150. The van der Waals surface area contributed by atoms with Crippen LogP contribution in [0.15, 0.2) is 27.8 Å². The van der Waals surface area contributed by atoms with E-state index in [-0.39, 0.29) is 46.2 Å². The van der Waals surface area contributed by atoms with Crippen molar-refractivity contribution >= 4 is 28.9 Å². The number of nitrogens with zero attached hydrogens (tertiary/aromatic N) is 2. The summed E-state index contributed by atoms with van der Waals surface area (Å²) in [6.45, 7) is 7.25. The van der Waals surface area contributed by atoms with Crippen LogP contribution in [0.5, 0.6) is 5.75 Å². The monoisotopic (exact) mass is 460 g/mol. The zero-order valence-corrected chi connectivity index (χ0v) is 19.9. The Morgan fingerprint density at radius 3 is 2.27 bits per heavy atom. The van der Waals surface area contributed by atoms with E-state index in [1.165, 1.54) is 30.1 Å². The van der Waals surface area contributed by atoms with Crippen molar-refractivity contribution in [3.8, 4) is 5.75 Å². The Morgan fingerprint density at radius 1 is 1.09 bits per heavy atom. The molecule has 33 heavy (non-hydrogen) atoms. The lowest BCUT2D eigenvalue weighted by Crippen LogP contribution is -2.47. The number of para-hydroxylation sites is 1. The number of carbonyl (C=O) groups is 2. The van der Waals surface area contributed by atoms with Crippen LogP contribution in [0.25, 0.3) is 0 Å². The van der Waals surface area contributed by atoms with Crippen LogP contribution in [-0.2, 0) is 11.8 Å². The fourth-order valence-corrected chi connectivity index (χ4v) is 3.16. The van der Waals surface area contributed by atoms with Gasteiger partial charge in [-0.1, -0.05) is 19.9 Å². The summed E-state index contributed by atoms with van der Waals surface area (Å²) < 4.78 is 0.986. The Labute approximate surface area is 191 Å². The van der Waals surface area contributed by atoms with Crippen molar-refractivity contribution in [2.24, 2.45) is 13.0 Å². The van der Waals surface area contributed by atoms with Crippen LogP contribution in [0, 0.1) is 5.92 Å². The number of aryl methyl sites for hydroxylation is 1. The molecule has 0 saturated heterocycles. The van der Waals surface area contributed by atoms with Crippen molar-refractivity contribution in [2.75, 3.05) is 24.7 Å². The number of amides is 2. The van der Waals surface area contributed by atoms with E-state index < -0.39 is 23.1 Å². The van der Waals surface area contributed by atoms with Crippen LogP contribution in [0.4, 0.5) is 17.1 Å². The van der Waals surface area contributed by atoms with E-state index in [1.54, 1.807) is 14.1 Å². The number of carbonyl (C=O) groups excluding carboxylic acids is 2. The van der Waals surface area contributed by atoms with E-state index in [9.17, 15) is 24.3 Å². The molecule has 2 rings (SSSR count). The number of phenols is 1. The largest absolute Gasteiger partial charge is 0.505 e. The van der Waals surface area contributed by atoms with E-state index in [0.717, 1.165) is 4.68 Å². The molecule has 2 amide bonds. The highest BCUT2D eigenvalue weighted by molar-refractivity contribution is 5.99. The molecule has 180 valence electrons. The molecule has 11 heteroatoms. The predicted molar refractivity (Wildman–Crippen MR) is 127 cm³/mol. The van der Waals surface area contributed by atoms with Gasteiger partial charge < -0.3 is 26.0 Å². The summed E-state index contributed by atoms with van der Waals surface area (Å²) in [6, 6.07) is 3.53. The fraction of sp³-hybridized carbons (Fsp3) is 0.455. The van der Waals surface area contributed by atoms with Crippen LogP contribution < -0.4 is 27.1 Å². The zero-order valence-electron chi connectivity index (χ0n) is 19.9. The maximum absolute atomic E-state index is 12.9. The zero-order chi connectivity index (χ0) is 25.0. The second-order valence-electron chi connectivity index (χ2n) is 8.61. The molecule has 2 aromatic rings. The van der Waals surface area contributed by atoms with Gasteiger partial charge in [-0.3, -0.25) is 29.0 Å². The molecule has 0 aliphatic heterocycles. The molecule has 1 aromatic heterocycles. The molecule has 0 aliphatic rings. The van der Waals surface area contributed by atoms with Gasteiger partial charge in [-0.05, 0) is 31.9 Å². The molecular formula is C22H32N6O5. The number of aromatic nitrogens is 2. The summed E-state index contributed by atoms with van der Waals surface area (Å²) in [5.74, 6) is -1.34. The van der Waals surface area contributed by atoms with Crippen molar-refractivity contribution in [3.63, 3.8) is 0 Å². The number of nitrogens with one attached hydrogen (secondary N) is 4. The minimum absolute atomic E-state index is 0.0255. The van der Waals surface area contributed by atoms with Crippen LogP contribution in [0.3, 0.4) is 0 Å². The molecule has 11 nitrogen and oxygen atoms in total. The molecule has 0 radical (unpaired) electrons. The summed E-state index contributed by atoms with van der Waals surface area (Å²) in [5, 5.41) is 21.5. The molecule has 5 N–H and O–H groups in total. The Balaban J connectivity index is 2.59. The first-order chi connectivity index (χ1) is 15.3. The molecule has 1 heterocycles. The minimum atomic E-state index is -0.809. The second kappa shape index (κ2) is 10.2. The lowest BCUT2D eigenvalue weighted by Gasteiger charge is -2.25. The number of benzene rings is 1. The topological polar surface area (TPSA) is 149 Å². The van der Waals surface area contributed by atoms with Crippen molar-refractivity contribution in [1.82, 2.24) is 20.0 Å². The number of aromatic hydroxyl groups is 1. The van der Waals surface area contributed by atoms with Crippen LogP contribution in [0.2, 0.25) is 0 Å². The maximum atomic E-state index is 12.9. The molecule has 0 bridgehead atoms. The number of hydrogen-bond donors (Lipinski definition) is 5. The van der Waals surface area contributed by atoms with Crippen molar-refractivity contribution < 1.29 is 14.7 Å². The quantitative estimate of drug-likeness (QED) is 0.372. The van der Waals surface area contributed by atoms with E-state index in [1.807, 2.05) is 27.7 Å². The van der Waals surface area contributed by atoms with Gasteiger partial charge in [0.2, 0.25) is 5.91 Å². The van der Waals surface area contributed by atoms with E-state index in [4.69, 9.17) is 0 Å². The summed E-state index contributed by atoms with van der Waals surface area (Å²) >= 11 is 0.